The monoisotopic (exact) mass is 377 g/mol. The van der Waals surface area contributed by atoms with Crippen LogP contribution in [-0.2, 0) is 10.0 Å². The number of methoxy groups -OCH3 is 2. The summed E-state index contributed by atoms with van der Waals surface area (Å²) in [6.07, 6.45) is -5.02. The third-order valence-corrected chi connectivity index (χ3v) is 4.39. The highest BCUT2D eigenvalue weighted by Gasteiger charge is 2.34. The van der Waals surface area contributed by atoms with Gasteiger partial charge in [-0.1, -0.05) is 12.1 Å². The molecule has 2 rings (SSSR count). The number of alkyl halides is 3. The Hall–Kier alpha value is -2.62. The number of anilines is 1. The Morgan fingerprint density at radius 3 is 2.04 bits per heavy atom. The Kier molecular flexibility index (Phi) is 5.31. The second-order valence-corrected chi connectivity index (χ2v) is 6.35. The molecule has 0 saturated carbocycles. The molecule has 2 aromatic rings. The van der Waals surface area contributed by atoms with Gasteiger partial charge in [-0.05, 0) is 12.1 Å². The maximum Gasteiger partial charge on any atom is 0.573 e. The van der Waals surface area contributed by atoms with Gasteiger partial charge in [0.25, 0.3) is 10.0 Å². The zero-order chi connectivity index (χ0) is 18.7. The van der Waals surface area contributed by atoms with E-state index in [1.807, 2.05) is 0 Å². The predicted molar refractivity (Wildman–Crippen MR) is 83.5 cm³/mol. The summed E-state index contributed by atoms with van der Waals surface area (Å²) in [5.41, 5.74) is 0.0537. The molecule has 1 N–H and O–H groups in total. The van der Waals surface area contributed by atoms with E-state index >= 15 is 0 Å². The van der Waals surface area contributed by atoms with E-state index in [0.29, 0.717) is 11.5 Å². The highest BCUT2D eigenvalue weighted by molar-refractivity contribution is 7.92. The fraction of sp³-hybridized carbons (Fsp3) is 0.200. The summed E-state index contributed by atoms with van der Waals surface area (Å²) in [6.45, 7) is 0. The quantitative estimate of drug-likeness (QED) is 0.835. The summed E-state index contributed by atoms with van der Waals surface area (Å²) in [5.74, 6) is -0.230. The lowest BCUT2D eigenvalue weighted by atomic mass is 10.3. The maximum atomic E-state index is 12.5. The standard InChI is InChI=1S/C15H14F3NO5S/c1-22-11-7-10(8-12(9-11)23-2)19-25(20,21)14-6-4-3-5-13(14)24-15(16,17)18/h3-9,19H,1-2H3. The van der Waals surface area contributed by atoms with E-state index < -0.39 is 27.0 Å². The van der Waals surface area contributed by atoms with Gasteiger partial charge < -0.3 is 14.2 Å². The van der Waals surface area contributed by atoms with Crippen molar-refractivity contribution in [1.29, 1.82) is 0 Å². The van der Waals surface area contributed by atoms with E-state index in [1.54, 1.807) is 0 Å². The van der Waals surface area contributed by atoms with E-state index in [-0.39, 0.29) is 5.69 Å². The number of ether oxygens (including phenoxy) is 3. The molecule has 0 aromatic heterocycles. The van der Waals surface area contributed by atoms with E-state index in [2.05, 4.69) is 9.46 Å². The normalized spacial score (nSPS) is 11.7. The lowest BCUT2D eigenvalue weighted by Gasteiger charge is -2.15. The number of benzene rings is 2. The second-order valence-electron chi connectivity index (χ2n) is 4.70. The molecule has 0 saturated heterocycles. The summed E-state index contributed by atoms with van der Waals surface area (Å²) in [4.78, 5) is -0.658. The molecule has 2 aromatic carbocycles. The number of hydrogen-bond donors (Lipinski definition) is 1. The number of nitrogens with one attached hydrogen (secondary N) is 1. The van der Waals surface area contributed by atoms with Gasteiger partial charge in [0.15, 0.2) is 0 Å². The number of halogens is 3. The molecule has 0 radical (unpaired) electrons. The molecule has 0 aliphatic rings. The van der Waals surface area contributed by atoms with Crippen LogP contribution >= 0.6 is 0 Å². The average molecular weight is 377 g/mol. The van der Waals surface area contributed by atoms with Crippen molar-refractivity contribution in [2.75, 3.05) is 18.9 Å². The second kappa shape index (κ2) is 7.09. The van der Waals surface area contributed by atoms with Crippen molar-refractivity contribution in [3.63, 3.8) is 0 Å². The van der Waals surface area contributed by atoms with Crippen molar-refractivity contribution in [3.8, 4) is 17.2 Å². The highest BCUT2D eigenvalue weighted by atomic mass is 32.2. The van der Waals surface area contributed by atoms with Crippen LogP contribution < -0.4 is 18.9 Å². The zero-order valence-corrected chi connectivity index (χ0v) is 13.9. The Morgan fingerprint density at radius 1 is 0.960 bits per heavy atom. The minimum absolute atomic E-state index is 0.0537. The molecular formula is C15H14F3NO5S. The fourth-order valence-electron chi connectivity index (χ4n) is 1.96. The molecule has 0 unspecified atom stereocenters. The third-order valence-electron chi connectivity index (χ3n) is 2.97. The molecule has 0 bridgehead atoms. The third kappa shape index (κ3) is 4.92. The first-order chi connectivity index (χ1) is 11.6. The largest absolute Gasteiger partial charge is 0.573 e. The lowest BCUT2D eigenvalue weighted by molar-refractivity contribution is -0.275. The Morgan fingerprint density at radius 2 is 1.52 bits per heavy atom. The molecular weight excluding hydrogens is 363 g/mol. The minimum atomic E-state index is -5.02. The smallest absolute Gasteiger partial charge is 0.497 e. The molecule has 0 aliphatic heterocycles. The van der Waals surface area contributed by atoms with Gasteiger partial charge in [-0.25, -0.2) is 8.42 Å². The van der Waals surface area contributed by atoms with E-state index in [9.17, 15) is 21.6 Å². The summed E-state index contributed by atoms with van der Waals surface area (Å²) in [7, 11) is -1.60. The Labute approximate surface area is 142 Å². The van der Waals surface area contributed by atoms with Crippen LogP contribution in [0.4, 0.5) is 18.9 Å². The SMILES string of the molecule is COc1cc(NS(=O)(=O)c2ccccc2OC(F)(F)F)cc(OC)c1. The van der Waals surface area contributed by atoms with Crippen LogP contribution in [0.1, 0.15) is 0 Å². The van der Waals surface area contributed by atoms with Gasteiger partial charge in [0, 0.05) is 18.2 Å². The number of para-hydroxylation sites is 1. The molecule has 0 spiro atoms. The molecule has 10 heteroatoms. The molecule has 25 heavy (non-hydrogen) atoms. The number of sulfonamides is 1. The highest BCUT2D eigenvalue weighted by Crippen LogP contribution is 2.32. The van der Waals surface area contributed by atoms with Crippen LogP contribution in [0, 0.1) is 0 Å². The first kappa shape index (κ1) is 18.7. The molecule has 136 valence electrons. The number of hydrogen-bond acceptors (Lipinski definition) is 5. The number of rotatable bonds is 6. The van der Waals surface area contributed by atoms with E-state index in [4.69, 9.17) is 9.47 Å². The van der Waals surface area contributed by atoms with Crippen molar-refractivity contribution in [2.24, 2.45) is 0 Å². The molecule has 0 fully saturated rings. The summed E-state index contributed by atoms with van der Waals surface area (Å²) in [5, 5.41) is 0. The van der Waals surface area contributed by atoms with Gasteiger partial charge >= 0.3 is 6.36 Å². The van der Waals surface area contributed by atoms with Gasteiger partial charge in [0.1, 0.15) is 22.1 Å². The van der Waals surface area contributed by atoms with Crippen LogP contribution in [0.25, 0.3) is 0 Å². The summed E-state index contributed by atoms with van der Waals surface area (Å²) in [6, 6.07) is 8.65. The molecule has 0 amide bonds. The molecule has 0 aliphatic carbocycles. The van der Waals surface area contributed by atoms with Crippen LogP contribution in [0.3, 0.4) is 0 Å². The molecule has 6 nitrogen and oxygen atoms in total. The van der Waals surface area contributed by atoms with Crippen molar-refractivity contribution >= 4 is 15.7 Å². The van der Waals surface area contributed by atoms with Crippen molar-refractivity contribution in [3.05, 3.63) is 42.5 Å². The van der Waals surface area contributed by atoms with Gasteiger partial charge in [-0.3, -0.25) is 4.72 Å². The Balaban J connectivity index is 2.41. The van der Waals surface area contributed by atoms with Gasteiger partial charge in [0.05, 0.1) is 19.9 Å². The summed E-state index contributed by atoms with van der Waals surface area (Å²) >= 11 is 0. The molecule has 0 atom stereocenters. The van der Waals surface area contributed by atoms with Crippen molar-refractivity contribution in [1.82, 2.24) is 0 Å². The lowest BCUT2D eigenvalue weighted by Crippen LogP contribution is -2.20. The van der Waals surface area contributed by atoms with Gasteiger partial charge in [0.2, 0.25) is 0 Å². The average Bonchev–Trinajstić information content (AvgIpc) is 2.52. The van der Waals surface area contributed by atoms with Crippen molar-refractivity contribution < 1.29 is 35.8 Å². The summed E-state index contributed by atoms with van der Waals surface area (Å²) < 4.78 is 78.3. The first-order valence-electron chi connectivity index (χ1n) is 6.75. The van der Waals surface area contributed by atoms with Crippen LogP contribution in [0.5, 0.6) is 17.2 Å². The van der Waals surface area contributed by atoms with Crippen LogP contribution in [-0.4, -0.2) is 29.0 Å². The fourth-order valence-corrected chi connectivity index (χ4v) is 3.13. The topological polar surface area (TPSA) is 73.9 Å². The van der Waals surface area contributed by atoms with Gasteiger partial charge in [-0.2, -0.15) is 0 Å². The van der Waals surface area contributed by atoms with E-state index in [0.717, 1.165) is 12.1 Å². The Bertz CT molecular complexity index is 830. The van der Waals surface area contributed by atoms with Crippen molar-refractivity contribution in [2.45, 2.75) is 11.3 Å². The van der Waals surface area contributed by atoms with Crippen LogP contribution in [0.15, 0.2) is 47.4 Å². The minimum Gasteiger partial charge on any atom is -0.497 e. The van der Waals surface area contributed by atoms with Crippen LogP contribution in [0.2, 0.25) is 0 Å². The van der Waals surface area contributed by atoms with E-state index in [1.165, 1.54) is 44.6 Å². The zero-order valence-electron chi connectivity index (χ0n) is 13.1. The first-order valence-corrected chi connectivity index (χ1v) is 8.23. The van der Waals surface area contributed by atoms with Gasteiger partial charge in [-0.15, -0.1) is 13.2 Å². The molecule has 0 heterocycles. The maximum absolute atomic E-state index is 12.5. The predicted octanol–water partition coefficient (Wildman–Crippen LogP) is 3.40.